The molecule has 2 N–H and O–H groups in total. The number of nitrogens with zero attached hydrogens (tertiary/aromatic N) is 1. The second-order valence-electron chi connectivity index (χ2n) is 6.16. The Bertz CT molecular complexity index is 364. The highest BCUT2D eigenvalue weighted by molar-refractivity contribution is 5.69. The minimum absolute atomic E-state index is 0.0447. The SMILES string of the molecule is CC(C)OC1CN(C(=O)O)C[C@@H]1NC(=O)OC(C)(C)C. The first-order chi connectivity index (χ1) is 9.08. The summed E-state index contributed by atoms with van der Waals surface area (Å²) < 4.78 is 10.8. The molecule has 20 heavy (non-hydrogen) atoms. The van der Waals surface area contributed by atoms with Gasteiger partial charge in [-0.05, 0) is 34.6 Å². The Morgan fingerprint density at radius 1 is 1.30 bits per heavy atom. The molecule has 1 heterocycles. The van der Waals surface area contributed by atoms with Gasteiger partial charge < -0.3 is 24.8 Å². The quantitative estimate of drug-likeness (QED) is 0.824. The van der Waals surface area contributed by atoms with Crippen molar-refractivity contribution in [3.05, 3.63) is 0 Å². The third-order valence-electron chi connectivity index (χ3n) is 2.69. The monoisotopic (exact) mass is 288 g/mol. The van der Waals surface area contributed by atoms with Gasteiger partial charge in [0.2, 0.25) is 0 Å². The predicted octanol–water partition coefficient (Wildman–Crippen LogP) is 1.67. The van der Waals surface area contributed by atoms with Gasteiger partial charge in [0.1, 0.15) is 5.60 Å². The first-order valence-corrected chi connectivity index (χ1v) is 6.71. The predicted molar refractivity (Wildman–Crippen MR) is 72.8 cm³/mol. The molecule has 0 aromatic carbocycles. The van der Waals surface area contributed by atoms with Gasteiger partial charge in [0.15, 0.2) is 0 Å². The normalized spacial score (nSPS) is 23.0. The van der Waals surface area contributed by atoms with Crippen molar-refractivity contribution in [1.82, 2.24) is 10.2 Å². The highest BCUT2D eigenvalue weighted by Gasteiger charge is 2.38. The summed E-state index contributed by atoms with van der Waals surface area (Å²) in [5.41, 5.74) is -0.594. The standard InChI is InChI=1S/C13H24N2O5/c1-8(2)19-10-7-15(12(17)18)6-9(10)14-11(16)20-13(3,4)5/h8-10H,6-7H2,1-5H3,(H,14,16)(H,17,18)/t9-,10?/m0/s1. The van der Waals surface area contributed by atoms with Gasteiger partial charge in [-0.25, -0.2) is 9.59 Å². The molecule has 0 radical (unpaired) electrons. The molecule has 7 heteroatoms. The highest BCUT2D eigenvalue weighted by atomic mass is 16.6. The summed E-state index contributed by atoms with van der Waals surface area (Å²) in [6, 6.07) is -0.400. The molecule has 7 nitrogen and oxygen atoms in total. The lowest BCUT2D eigenvalue weighted by molar-refractivity contribution is -0.00253. The van der Waals surface area contributed by atoms with E-state index in [2.05, 4.69) is 5.32 Å². The molecule has 1 unspecified atom stereocenters. The van der Waals surface area contributed by atoms with Crippen LogP contribution in [0.25, 0.3) is 0 Å². The molecule has 0 aliphatic carbocycles. The minimum atomic E-state index is -1.02. The summed E-state index contributed by atoms with van der Waals surface area (Å²) in [6.07, 6.45) is -1.99. The fourth-order valence-electron chi connectivity index (χ4n) is 2.02. The van der Waals surface area contributed by atoms with Crippen LogP contribution in [0.5, 0.6) is 0 Å². The van der Waals surface area contributed by atoms with Crippen molar-refractivity contribution in [1.29, 1.82) is 0 Å². The second kappa shape index (κ2) is 6.30. The summed E-state index contributed by atoms with van der Waals surface area (Å²) >= 11 is 0. The van der Waals surface area contributed by atoms with E-state index in [1.165, 1.54) is 4.90 Å². The maximum Gasteiger partial charge on any atom is 0.408 e. The number of alkyl carbamates (subject to hydrolysis) is 1. The molecule has 0 aromatic heterocycles. The van der Waals surface area contributed by atoms with E-state index in [9.17, 15) is 9.59 Å². The molecule has 1 rings (SSSR count). The van der Waals surface area contributed by atoms with E-state index < -0.39 is 23.8 Å². The summed E-state index contributed by atoms with van der Waals surface area (Å²) in [7, 11) is 0. The van der Waals surface area contributed by atoms with Crippen LogP contribution in [0.2, 0.25) is 0 Å². The van der Waals surface area contributed by atoms with Gasteiger partial charge in [-0.1, -0.05) is 0 Å². The van der Waals surface area contributed by atoms with Crippen molar-refractivity contribution >= 4 is 12.2 Å². The van der Waals surface area contributed by atoms with Gasteiger partial charge in [0.05, 0.1) is 24.8 Å². The van der Waals surface area contributed by atoms with E-state index in [4.69, 9.17) is 14.6 Å². The lowest BCUT2D eigenvalue weighted by Crippen LogP contribution is -2.46. The fourth-order valence-corrected chi connectivity index (χ4v) is 2.02. The van der Waals surface area contributed by atoms with E-state index in [0.29, 0.717) is 0 Å². The van der Waals surface area contributed by atoms with Crippen LogP contribution < -0.4 is 5.32 Å². The van der Waals surface area contributed by atoms with Crippen LogP contribution >= 0.6 is 0 Å². The maximum absolute atomic E-state index is 11.8. The molecule has 1 saturated heterocycles. The van der Waals surface area contributed by atoms with Crippen LogP contribution in [0.3, 0.4) is 0 Å². The first-order valence-electron chi connectivity index (χ1n) is 6.71. The molecule has 0 saturated carbocycles. The summed E-state index contributed by atoms with van der Waals surface area (Å²) in [5.74, 6) is 0. The van der Waals surface area contributed by atoms with Crippen LogP contribution in [-0.4, -0.2) is 59.1 Å². The van der Waals surface area contributed by atoms with Crippen LogP contribution in [0.1, 0.15) is 34.6 Å². The van der Waals surface area contributed by atoms with Crippen molar-refractivity contribution in [2.45, 2.75) is 58.5 Å². The molecular weight excluding hydrogens is 264 g/mol. The fraction of sp³-hybridized carbons (Fsp3) is 0.846. The number of carbonyl (C=O) groups is 2. The molecule has 2 amide bonds. The number of nitrogens with one attached hydrogen (secondary N) is 1. The van der Waals surface area contributed by atoms with Crippen LogP contribution in [-0.2, 0) is 9.47 Å². The maximum atomic E-state index is 11.8. The number of likely N-dealkylation sites (tertiary alicyclic amines) is 1. The van der Waals surface area contributed by atoms with Crippen molar-refractivity contribution in [2.24, 2.45) is 0 Å². The topological polar surface area (TPSA) is 88.1 Å². The highest BCUT2D eigenvalue weighted by Crippen LogP contribution is 2.16. The molecular formula is C13H24N2O5. The minimum Gasteiger partial charge on any atom is -0.465 e. The van der Waals surface area contributed by atoms with Gasteiger partial charge >= 0.3 is 12.2 Å². The van der Waals surface area contributed by atoms with E-state index in [-0.39, 0.29) is 25.3 Å². The lowest BCUT2D eigenvalue weighted by atomic mass is 10.2. The van der Waals surface area contributed by atoms with Crippen molar-refractivity contribution < 1.29 is 24.2 Å². The van der Waals surface area contributed by atoms with Crippen LogP contribution in [0.15, 0.2) is 0 Å². The van der Waals surface area contributed by atoms with Crippen molar-refractivity contribution in [3.8, 4) is 0 Å². The average Bonchev–Trinajstić information content (AvgIpc) is 2.57. The summed E-state index contributed by atoms with van der Waals surface area (Å²) in [6.45, 7) is 9.49. The second-order valence-corrected chi connectivity index (χ2v) is 6.16. The first kappa shape index (κ1) is 16.6. The Kier molecular flexibility index (Phi) is 5.21. The van der Waals surface area contributed by atoms with E-state index in [1.807, 2.05) is 13.8 Å². The zero-order chi connectivity index (χ0) is 15.5. The Morgan fingerprint density at radius 3 is 2.35 bits per heavy atom. The van der Waals surface area contributed by atoms with E-state index in [0.717, 1.165) is 0 Å². The van der Waals surface area contributed by atoms with Gasteiger partial charge in [-0.2, -0.15) is 0 Å². The molecule has 1 fully saturated rings. The van der Waals surface area contributed by atoms with Gasteiger partial charge in [0, 0.05) is 6.54 Å². The average molecular weight is 288 g/mol. The Labute approximate surface area is 119 Å². The summed E-state index contributed by atoms with van der Waals surface area (Å²) in [4.78, 5) is 24.0. The molecule has 1 aliphatic rings. The number of hydrogen-bond acceptors (Lipinski definition) is 4. The number of ether oxygens (including phenoxy) is 2. The summed E-state index contributed by atoms with van der Waals surface area (Å²) in [5, 5.41) is 11.7. The molecule has 0 spiro atoms. The van der Waals surface area contributed by atoms with Crippen LogP contribution in [0, 0.1) is 0 Å². The van der Waals surface area contributed by atoms with E-state index in [1.54, 1.807) is 20.8 Å². The van der Waals surface area contributed by atoms with Gasteiger partial charge in [-0.3, -0.25) is 0 Å². The molecule has 1 aliphatic heterocycles. The molecule has 0 aromatic rings. The Morgan fingerprint density at radius 2 is 1.90 bits per heavy atom. The number of carboxylic acid groups (broad SMARTS) is 1. The molecule has 116 valence electrons. The zero-order valence-corrected chi connectivity index (χ0v) is 12.7. The zero-order valence-electron chi connectivity index (χ0n) is 12.7. The lowest BCUT2D eigenvalue weighted by Gasteiger charge is -2.25. The number of carbonyl (C=O) groups excluding carboxylic acids is 1. The third-order valence-corrected chi connectivity index (χ3v) is 2.69. The Balaban J connectivity index is 2.64. The van der Waals surface area contributed by atoms with E-state index >= 15 is 0 Å². The largest absolute Gasteiger partial charge is 0.465 e. The number of hydrogen-bond donors (Lipinski definition) is 2. The van der Waals surface area contributed by atoms with Gasteiger partial charge in [-0.15, -0.1) is 0 Å². The van der Waals surface area contributed by atoms with Crippen molar-refractivity contribution in [2.75, 3.05) is 13.1 Å². The smallest absolute Gasteiger partial charge is 0.408 e. The van der Waals surface area contributed by atoms with Gasteiger partial charge in [0.25, 0.3) is 0 Å². The third kappa shape index (κ3) is 5.24. The van der Waals surface area contributed by atoms with Crippen LogP contribution in [0.4, 0.5) is 9.59 Å². The molecule has 0 bridgehead atoms. The number of amides is 2. The van der Waals surface area contributed by atoms with Crippen molar-refractivity contribution in [3.63, 3.8) is 0 Å². The number of rotatable bonds is 3. The molecule has 2 atom stereocenters. The Hall–Kier alpha value is -1.50.